The van der Waals surface area contributed by atoms with E-state index < -0.39 is 10.2 Å². The topological polar surface area (TPSA) is 52.7 Å². The van der Waals surface area contributed by atoms with Crippen molar-refractivity contribution in [3.8, 4) is 0 Å². The van der Waals surface area contributed by atoms with E-state index in [-0.39, 0.29) is 0 Å². The van der Waals surface area contributed by atoms with Gasteiger partial charge in [0.2, 0.25) is 0 Å². The lowest BCUT2D eigenvalue weighted by atomic mass is 10.1. The molecule has 0 radical (unpaired) electrons. The number of rotatable bonds is 7. The molecule has 5 nitrogen and oxygen atoms in total. The highest BCUT2D eigenvalue weighted by Gasteiger charge is 2.34. The minimum absolute atomic E-state index is 0.510. The van der Waals surface area contributed by atoms with E-state index >= 15 is 0 Å². The average molecular weight is 301 g/mol. The third kappa shape index (κ3) is 3.72. The third-order valence-electron chi connectivity index (χ3n) is 4.78. The van der Waals surface area contributed by atoms with Crippen molar-refractivity contribution < 1.29 is 8.42 Å². The SMILES string of the molecule is CN(CC1CC1)S(=O)(=O)N1CCC(NCC2CC2)CC1. The number of piperidine rings is 1. The summed E-state index contributed by atoms with van der Waals surface area (Å²) in [6.45, 7) is 3.15. The molecule has 0 atom stereocenters. The summed E-state index contributed by atoms with van der Waals surface area (Å²) in [4.78, 5) is 0. The van der Waals surface area contributed by atoms with Crippen LogP contribution in [0.4, 0.5) is 0 Å². The van der Waals surface area contributed by atoms with Gasteiger partial charge in [0, 0.05) is 32.7 Å². The second-order valence-corrected chi connectivity index (χ2v) is 8.79. The molecule has 0 unspecified atom stereocenters. The zero-order chi connectivity index (χ0) is 14.2. The molecular weight excluding hydrogens is 274 g/mol. The molecule has 0 aromatic carbocycles. The molecule has 2 saturated carbocycles. The molecule has 1 aliphatic heterocycles. The van der Waals surface area contributed by atoms with Crippen molar-refractivity contribution >= 4 is 10.2 Å². The lowest BCUT2D eigenvalue weighted by Crippen LogP contribution is -2.49. The summed E-state index contributed by atoms with van der Waals surface area (Å²) in [6, 6.07) is 0.510. The van der Waals surface area contributed by atoms with E-state index in [0.717, 1.165) is 25.3 Å². The van der Waals surface area contributed by atoms with Gasteiger partial charge in [0.25, 0.3) is 10.2 Å². The normalized spacial score (nSPS) is 26.3. The van der Waals surface area contributed by atoms with E-state index in [1.165, 1.54) is 25.7 Å². The minimum atomic E-state index is -3.22. The number of nitrogens with zero attached hydrogens (tertiary/aromatic N) is 2. The van der Waals surface area contributed by atoms with E-state index in [2.05, 4.69) is 5.32 Å². The van der Waals surface area contributed by atoms with Crippen molar-refractivity contribution in [1.29, 1.82) is 0 Å². The Morgan fingerprint density at radius 2 is 1.65 bits per heavy atom. The third-order valence-corrected chi connectivity index (χ3v) is 6.73. The number of nitrogens with one attached hydrogen (secondary N) is 1. The van der Waals surface area contributed by atoms with Crippen LogP contribution in [0.1, 0.15) is 38.5 Å². The maximum Gasteiger partial charge on any atom is 0.281 e. The molecule has 20 heavy (non-hydrogen) atoms. The van der Waals surface area contributed by atoms with Crippen molar-refractivity contribution in [2.45, 2.75) is 44.6 Å². The first-order valence-electron chi connectivity index (χ1n) is 8.00. The molecule has 0 aromatic rings. The smallest absolute Gasteiger partial charge is 0.281 e. The molecule has 3 aliphatic rings. The van der Waals surface area contributed by atoms with Gasteiger partial charge in [0.1, 0.15) is 0 Å². The standard InChI is InChI=1S/C14H27N3O2S/c1-16(11-13-4-5-13)20(18,19)17-8-6-14(7-9-17)15-10-12-2-3-12/h12-15H,2-11H2,1H3. The maximum absolute atomic E-state index is 12.5. The Labute approximate surface area is 122 Å². The Morgan fingerprint density at radius 1 is 1.05 bits per heavy atom. The lowest BCUT2D eigenvalue weighted by molar-refractivity contribution is 0.270. The molecule has 1 saturated heterocycles. The highest BCUT2D eigenvalue weighted by molar-refractivity contribution is 7.86. The Morgan fingerprint density at radius 3 is 2.20 bits per heavy atom. The summed E-state index contributed by atoms with van der Waals surface area (Å²) < 4.78 is 28.2. The van der Waals surface area contributed by atoms with E-state index in [1.807, 2.05) is 0 Å². The van der Waals surface area contributed by atoms with Crippen LogP contribution >= 0.6 is 0 Å². The van der Waals surface area contributed by atoms with Crippen molar-refractivity contribution in [3.63, 3.8) is 0 Å². The van der Waals surface area contributed by atoms with Crippen LogP contribution in [0, 0.1) is 11.8 Å². The summed E-state index contributed by atoms with van der Waals surface area (Å²) in [7, 11) is -1.49. The predicted octanol–water partition coefficient (Wildman–Crippen LogP) is 1.04. The quantitative estimate of drug-likeness (QED) is 0.764. The van der Waals surface area contributed by atoms with Gasteiger partial charge >= 0.3 is 0 Å². The van der Waals surface area contributed by atoms with Gasteiger partial charge in [-0.05, 0) is 56.9 Å². The monoisotopic (exact) mass is 301 g/mol. The zero-order valence-corrected chi connectivity index (χ0v) is 13.2. The predicted molar refractivity (Wildman–Crippen MR) is 79.6 cm³/mol. The maximum atomic E-state index is 12.5. The van der Waals surface area contributed by atoms with Gasteiger partial charge in [0.05, 0.1) is 0 Å². The summed E-state index contributed by atoms with van der Waals surface area (Å²) in [6.07, 6.45) is 7.00. The molecule has 2 aliphatic carbocycles. The van der Waals surface area contributed by atoms with Gasteiger partial charge in [-0.25, -0.2) is 0 Å². The van der Waals surface area contributed by atoms with Crippen LogP contribution in [0.2, 0.25) is 0 Å². The summed E-state index contributed by atoms with van der Waals surface area (Å²) >= 11 is 0. The average Bonchev–Trinajstić information content (AvgIpc) is 3.31. The Hall–Kier alpha value is -0.170. The second-order valence-electron chi connectivity index (χ2n) is 6.76. The fourth-order valence-electron chi connectivity index (χ4n) is 2.90. The summed E-state index contributed by atoms with van der Waals surface area (Å²) in [5.74, 6) is 1.49. The first-order chi connectivity index (χ1) is 9.55. The van der Waals surface area contributed by atoms with Gasteiger partial charge in [-0.15, -0.1) is 0 Å². The molecule has 1 heterocycles. The zero-order valence-electron chi connectivity index (χ0n) is 12.4. The Bertz CT molecular complexity index is 424. The van der Waals surface area contributed by atoms with Gasteiger partial charge < -0.3 is 5.32 Å². The minimum Gasteiger partial charge on any atom is -0.314 e. The number of hydrogen-bond acceptors (Lipinski definition) is 3. The first kappa shape index (κ1) is 14.8. The van der Waals surface area contributed by atoms with Gasteiger partial charge in [-0.1, -0.05) is 0 Å². The van der Waals surface area contributed by atoms with Crippen molar-refractivity contribution in [3.05, 3.63) is 0 Å². The number of hydrogen-bond donors (Lipinski definition) is 1. The van der Waals surface area contributed by atoms with Crippen LogP contribution in [-0.2, 0) is 10.2 Å². The van der Waals surface area contributed by atoms with Crippen LogP contribution in [0.15, 0.2) is 0 Å². The largest absolute Gasteiger partial charge is 0.314 e. The summed E-state index contributed by atoms with van der Waals surface area (Å²) in [5, 5.41) is 3.59. The van der Waals surface area contributed by atoms with Gasteiger partial charge in [-0.2, -0.15) is 17.0 Å². The van der Waals surface area contributed by atoms with E-state index in [4.69, 9.17) is 0 Å². The lowest BCUT2D eigenvalue weighted by Gasteiger charge is -2.34. The molecule has 0 spiro atoms. The molecule has 3 rings (SSSR count). The molecule has 0 amide bonds. The van der Waals surface area contributed by atoms with Crippen LogP contribution in [0.5, 0.6) is 0 Å². The molecule has 116 valence electrons. The second kappa shape index (κ2) is 5.91. The Kier molecular flexibility index (Phi) is 4.36. The molecule has 1 N–H and O–H groups in total. The van der Waals surface area contributed by atoms with Crippen LogP contribution in [0.3, 0.4) is 0 Å². The fourth-order valence-corrected chi connectivity index (χ4v) is 4.37. The molecule has 3 fully saturated rings. The molecule has 0 bridgehead atoms. The highest BCUT2D eigenvalue weighted by Crippen LogP contribution is 2.31. The Balaban J connectivity index is 1.45. The van der Waals surface area contributed by atoms with E-state index in [0.29, 0.717) is 31.6 Å². The van der Waals surface area contributed by atoms with Crippen molar-refractivity contribution in [2.24, 2.45) is 11.8 Å². The van der Waals surface area contributed by atoms with Crippen molar-refractivity contribution in [2.75, 3.05) is 33.2 Å². The first-order valence-corrected chi connectivity index (χ1v) is 9.40. The molecular formula is C14H27N3O2S. The van der Waals surface area contributed by atoms with Gasteiger partial charge in [0.15, 0.2) is 0 Å². The molecule has 6 heteroatoms. The van der Waals surface area contributed by atoms with Crippen molar-refractivity contribution in [1.82, 2.24) is 13.9 Å². The fraction of sp³-hybridized carbons (Fsp3) is 1.00. The summed E-state index contributed by atoms with van der Waals surface area (Å²) in [5.41, 5.74) is 0. The van der Waals surface area contributed by atoms with Crippen LogP contribution in [0.25, 0.3) is 0 Å². The molecule has 0 aromatic heterocycles. The van der Waals surface area contributed by atoms with Crippen LogP contribution in [-0.4, -0.2) is 56.3 Å². The highest BCUT2D eigenvalue weighted by atomic mass is 32.2. The van der Waals surface area contributed by atoms with E-state index in [9.17, 15) is 8.42 Å². The van der Waals surface area contributed by atoms with E-state index in [1.54, 1.807) is 15.7 Å². The van der Waals surface area contributed by atoms with Crippen LogP contribution < -0.4 is 5.32 Å². The van der Waals surface area contributed by atoms with Gasteiger partial charge in [-0.3, -0.25) is 0 Å².